The predicted octanol–water partition coefficient (Wildman–Crippen LogP) is -0.0324. The van der Waals surface area contributed by atoms with Gasteiger partial charge in [-0.15, -0.1) is 11.6 Å². The Labute approximate surface area is 80.6 Å². The Morgan fingerprint density at radius 3 is 1.50 bits per heavy atom. The Morgan fingerprint density at radius 1 is 1.30 bits per heavy atom. The molecule has 0 unspecified atom stereocenters. The summed E-state index contributed by atoms with van der Waals surface area (Å²) >= 11 is 5.51. The molecule has 0 radical (unpaired) electrons. The van der Waals surface area contributed by atoms with Crippen LogP contribution in [0, 0.1) is 0 Å². The van der Waals surface area contributed by atoms with Crippen LogP contribution in [0.25, 0.3) is 0 Å². The molecule has 0 saturated heterocycles. The second kappa shape index (κ2) is 9.23. The van der Waals surface area contributed by atoms with Gasteiger partial charge in [0.2, 0.25) is 0 Å². The molecule has 0 aliphatic carbocycles. The molecule has 4 nitrogen and oxygen atoms in total. The van der Waals surface area contributed by atoms with Crippen LogP contribution < -0.4 is 0 Å². The van der Waals surface area contributed by atoms with Gasteiger partial charge in [0.05, 0.1) is 0 Å². The standard InChI is InChI=1S/C2H3ClO2.C2H3O2.Na/c3-1-2(4)5;1-2(3)4;/h1H2,(H,4,5);1H2,(H,3,4);. The minimum absolute atomic E-state index is 0.306. The summed E-state index contributed by atoms with van der Waals surface area (Å²) in [6.45, 7) is 0. The third-order valence-corrected chi connectivity index (χ3v) is 1.25. The van der Waals surface area contributed by atoms with Gasteiger partial charge in [0.1, 0.15) is 5.88 Å². The fourth-order valence-electron chi connectivity index (χ4n) is 0. The molecule has 0 amide bonds. The van der Waals surface area contributed by atoms with Crippen LogP contribution in [0.15, 0.2) is 0 Å². The second-order valence-electron chi connectivity index (χ2n) is 1.27. The van der Waals surface area contributed by atoms with Crippen molar-refractivity contribution in [2.24, 2.45) is 0 Å². The summed E-state index contributed by atoms with van der Waals surface area (Å²) in [6.07, 6.45) is 0. The average molecular weight is 177 g/mol. The van der Waals surface area contributed by atoms with Crippen LogP contribution in [-0.4, -0.2) is 56.0 Å². The molecule has 54 valence electrons. The van der Waals surface area contributed by atoms with Crippen LogP contribution >= 0.6 is 11.6 Å². The zero-order valence-electron chi connectivity index (χ0n) is 5.50. The third kappa shape index (κ3) is 24.0. The van der Waals surface area contributed by atoms with Crippen LogP contribution in [0.1, 0.15) is 0 Å². The molecule has 0 atom stereocenters. The van der Waals surface area contributed by atoms with Gasteiger partial charge in [-0.3, -0.25) is 4.79 Å². The van der Waals surface area contributed by atoms with Crippen molar-refractivity contribution < 1.29 is 19.8 Å². The molecular weight excluding hydrogens is 170 g/mol. The van der Waals surface area contributed by atoms with Crippen LogP contribution in [0.5, 0.6) is 0 Å². The van der Waals surface area contributed by atoms with Gasteiger partial charge < -0.3 is 5.11 Å². The minimum atomic E-state index is -0.980. The summed E-state index contributed by atoms with van der Waals surface area (Å²) in [5, 5.41) is 15.3. The average Bonchev–Trinajstić information content (AvgIpc) is 1.89. The molecule has 0 aromatic carbocycles. The molecule has 0 spiro atoms. The van der Waals surface area contributed by atoms with Gasteiger partial charge in [0, 0.05) is 0 Å². The van der Waals surface area contributed by atoms with Crippen LogP contribution in [0.3, 0.4) is 0 Å². The molecule has 6 heteroatoms. The number of hydrogen-bond donors (Lipinski definition) is 2. The molecule has 2 N–H and O–H groups in total. The molecule has 0 heterocycles. The molecule has 0 rings (SSSR count). The Balaban J connectivity index is 0. The number of aliphatic carboxylic acids is 2. The van der Waals surface area contributed by atoms with Gasteiger partial charge in [-0.25, -0.2) is 0 Å². The van der Waals surface area contributed by atoms with E-state index in [0.29, 0.717) is 3.67 Å². The maximum absolute atomic E-state index is 9.40. The van der Waals surface area contributed by atoms with Gasteiger partial charge in [0.25, 0.3) is 0 Å². The molecule has 0 aliphatic heterocycles. The first-order valence-corrected chi connectivity index (χ1v) is 4.49. The first kappa shape index (κ1) is 12.9. The van der Waals surface area contributed by atoms with Crippen molar-refractivity contribution in [3.63, 3.8) is 0 Å². The Bertz CT molecular complexity index is 102. The number of halogens is 1. The van der Waals surface area contributed by atoms with Gasteiger partial charge in [0.15, 0.2) is 0 Å². The van der Waals surface area contributed by atoms with E-state index >= 15 is 0 Å². The van der Waals surface area contributed by atoms with Gasteiger partial charge in [-0.1, -0.05) is 0 Å². The molecule has 0 aliphatic rings. The summed E-state index contributed by atoms with van der Waals surface area (Å²) < 4.78 is 0.361. The summed E-state index contributed by atoms with van der Waals surface area (Å²) in [4.78, 5) is 18.6. The number of rotatable bonds is 2. The normalized spacial score (nSPS) is 7.50. The summed E-state index contributed by atoms with van der Waals surface area (Å²) in [5.41, 5.74) is 0. The second-order valence-corrected chi connectivity index (χ2v) is 2.25. The van der Waals surface area contributed by atoms with E-state index in [-0.39, 0.29) is 5.88 Å². The van der Waals surface area contributed by atoms with E-state index in [1.54, 1.807) is 0 Å². The summed E-state index contributed by atoms with van der Waals surface area (Å²) in [7, 11) is 0. The summed E-state index contributed by atoms with van der Waals surface area (Å²) in [6, 6.07) is 0. The van der Waals surface area contributed by atoms with E-state index in [4.69, 9.17) is 21.8 Å². The van der Waals surface area contributed by atoms with Crippen molar-refractivity contribution in [2.75, 3.05) is 5.88 Å². The molecule has 0 saturated carbocycles. The van der Waals surface area contributed by atoms with E-state index < -0.39 is 11.9 Å². The molecular formula is C4H6ClNaO4. The van der Waals surface area contributed by atoms with Crippen molar-refractivity contribution in [3.05, 3.63) is 0 Å². The van der Waals surface area contributed by atoms with Crippen LogP contribution in [0.4, 0.5) is 0 Å². The van der Waals surface area contributed by atoms with E-state index in [1.165, 1.54) is 0 Å². The Hall–Kier alpha value is 0.230. The fraction of sp³-hybridized carbons (Fsp3) is 0.500. The number of carboxylic acids is 2. The van der Waals surface area contributed by atoms with Crippen molar-refractivity contribution in [1.82, 2.24) is 0 Å². The van der Waals surface area contributed by atoms with E-state index in [0.717, 1.165) is 27.9 Å². The first-order valence-electron chi connectivity index (χ1n) is 2.54. The fourth-order valence-corrected chi connectivity index (χ4v) is 0. The van der Waals surface area contributed by atoms with E-state index in [9.17, 15) is 9.59 Å². The molecule has 0 fully saturated rings. The number of hydrogen-bond acceptors (Lipinski definition) is 2. The van der Waals surface area contributed by atoms with Crippen molar-refractivity contribution in [3.8, 4) is 0 Å². The van der Waals surface area contributed by atoms with E-state index in [1.807, 2.05) is 0 Å². The topological polar surface area (TPSA) is 74.6 Å². The van der Waals surface area contributed by atoms with Gasteiger partial charge in [-0.05, 0) is 0 Å². The number of alkyl halides is 1. The quantitative estimate of drug-likeness (QED) is 0.458. The van der Waals surface area contributed by atoms with Crippen LogP contribution in [-0.2, 0) is 9.59 Å². The number of carbonyl (C=O) groups is 2. The predicted molar refractivity (Wildman–Crippen MR) is 36.6 cm³/mol. The molecule has 0 aromatic heterocycles. The van der Waals surface area contributed by atoms with Crippen molar-refractivity contribution in [1.29, 1.82) is 0 Å². The zero-order valence-corrected chi connectivity index (χ0v) is 8.26. The SMILES string of the molecule is O=C(O)CCl.O=C(O)[CH2][Na]. The maximum atomic E-state index is 9.40. The zero-order chi connectivity index (χ0) is 8.57. The Kier molecular flexibility index (Phi) is 11.9. The van der Waals surface area contributed by atoms with Crippen LogP contribution in [0.2, 0.25) is 3.67 Å². The summed E-state index contributed by atoms with van der Waals surface area (Å²) in [5.74, 6) is -1.97. The third-order valence-electron chi connectivity index (χ3n) is 0.417. The first-order chi connectivity index (χ1) is 4.54. The molecule has 0 bridgehead atoms. The molecule has 10 heavy (non-hydrogen) atoms. The van der Waals surface area contributed by atoms with E-state index in [2.05, 4.69) is 0 Å². The monoisotopic (exact) mass is 176 g/mol. The Morgan fingerprint density at radius 2 is 1.50 bits per heavy atom. The van der Waals surface area contributed by atoms with Crippen molar-refractivity contribution in [2.45, 2.75) is 3.67 Å². The number of carboxylic acid groups (broad SMARTS) is 2. The van der Waals surface area contributed by atoms with Crippen molar-refractivity contribution >= 4 is 51.5 Å². The van der Waals surface area contributed by atoms with Gasteiger partial charge >= 0.3 is 53.4 Å². The molecule has 0 aromatic rings. The van der Waals surface area contributed by atoms with Gasteiger partial charge in [-0.2, -0.15) is 0 Å².